The van der Waals surface area contributed by atoms with Gasteiger partial charge in [0, 0.05) is 12.1 Å². The number of anilines is 1. The predicted molar refractivity (Wildman–Crippen MR) is 81.0 cm³/mol. The molecule has 0 unspecified atom stereocenters. The maximum absolute atomic E-state index is 12.3. The van der Waals surface area contributed by atoms with E-state index in [4.69, 9.17) is 4.74 Å². The van der Waals surface area contributed by atoms with Gasteiger partial charge in [0.05, 0.1) is 7.11 Å². The number of carbonyl (C=O) groups excluding carboxylic acids is 2. The second kappa shape index (κ2) is 6.61. The van der Waals surface area contributed by atoms with E-state index in [2.05, 4.69) is 10.6 Å². The molecule has 0 saturated heterocycles. The molecule has 1 aliphatic rings. The number of para-hydroxylation sites is 1. The van der Waals surface area contributed by atoms with Gasteiger partial charge in [-0.1, -0.05) is 32.0 Å². The number of esters is 1. The van der Waals surface area contributed by atoms with Gasteiger partial charge in [0.1, 0.15) is 12.1 Å². The molecule has 0 spiro atoms. The highest BCUT2D eigenvalue weighted by Crippen LogP contribution is 2.25. The molecule has 1 aromatic carbocycles. The van der Waals surface area contributed by atoms with Crippen molar-refractivity contribution in [2.24, 2.45) is 5.92 Å². The standard InChI is InChI=1S/C16H22N2O3/c1-10(2)8-14(16(20)21-3)18-15(19)13-9-11-6-4-5-7-12(11)17-13/h4-7,10,13-14,17H,8-9H2,1-3H3,(H,18,19)/t13-,14-/m0/s1. The lowest BCUT2D eigenvalue weighted by molar-refractivity contribution is -0.145. The highest BCUT2D eigenvalue weighted by atomic mass is 16.5. The predicted octanol–water partition coefficient (Wildman–Crippen LogP) is 1.73. The van der Waals surface area contributed by atoms with Gasteiger partial charge in [0.25, 0.3) is 0 Å². The first-order valence-electron chi connectivity index (χ1n) is 7.24. The van der Waals surface area contributed by atoms with Crippen molar-refractivity contribution in [1.82, 2.24) is 5.32 Å². The minimum Gasteiger partial charge on any atom is -0.467 e. The number of methoxy groups -OCH3 is 1. The molecule has 2 atom stereocenters. The van der Waals surface area contributed by atoms with E-state index >= 15 is 0 Å². The van der Waals surface area contributed by atoms with Crippen LogP contribution in [0.2, 0.25) is 0 Å². The van der Waals surface area contributed by atoms with Crippen molar-refractivity contribution >= 4 is 17.6 Å². The van der Waals surface area contributed by atoms with Crippen LogP contribution in [-0.4, -0.2) is 31.1 Å². The summed E-state index contributed by atoms with van der Waals surface area (Å²) in [5, 5.41) is 5.99. The SMILES string of the molecule is COC(=O)[C@H](CC(C)C)NC(=O)[C@@H]1Cc2ccccc2N1. The van der Waals surface area contributed by atoms with E-state index in [0.29, 0.717) is 18.8 Å². The fourth-order valence-electron chi connectivity index (χ4n) is 2.56. The number of carbonyl (C=O) groups is 2. The number of amides is 1. The van der Waals surface area contributed by atoms with Crippen LogP contribution < -0.4 is 10.6 Å². The molecule has 1 aliphatic heterocycles. The number of hydrogen-bond acceptors (Lipinski definition) is 4. The minimum absolute atomic E-state index is 0.165. The maximum Gasteiger partial charge on any atom is 0.328 e. The van der Waals surface area contributed by atoms with Crippen LogP contribution in [0.4, 0.5) is 5.69 Å². The van der Waals surface area contributed by atoms with Crippen LogP contribution in [0.15, 0.2) is 24.3 Å². The summed E-state index contributed by atoms with van der Waals surface area (Å²) in [6.45, 7) is 4.01. The van der Waals surface area contributed by atoms with E-state index in [-0.39, 0.29) is 11.9 Å². The molecular weight excluding hydrogens is 268 g/mol. The first kappa shape index (κ1) is 15.4. The monoisotopic (exact) mass is 290 g/mol. The molecule has 5 heteroatoms. The largest absolute Gasteiger partial charge is 0.467 e. The zero-order valence-electron chi connectivity index (χ0n) is 12.7. The molecule has 1 heterocycles. The van der Waals surface area contributed by atoms with E-state index < -0.39 is 12.0 Å². The van der Waals surface area contributed by atoms with Gasteiger partial charge in [-0.05, 0) is 24.0 Å². The van der Waals surface area contributed by atoms with Crippen molar-refractivity contribution in [2.75, 3.05) is 12.4 Å². The third-order valence-electron chi connectivity index (χ3n) is 3.60. The van der Waals surface area contributed by atoms with Crippen molar-refractivity contribution in [3.63, 3.8) is 0 Å². The van der Waals surface area contributed by atoms with Gasteiger partial charge < -0.3 is 15.4 Å². The molecule has 0 bridgehead atoms. The van der Waals surface area contributed by atoms with Gasteiger partial charge in [-0.25, -0.2) is 4.79 Å². The molecule has 1 amide bonds. The van der Waals surface area contributed by atoms with Crippen molar-refractivity contribution in [2.45, 2.75) is 38.8 Å². The van der Waals surface area contributed by atoms with E-state index in [1.807, 2.05) is 38.1 Å². The summed E-state index contributed by atoms with van der Waals surface area (Å²) in [5.74, 6) is -0.266. The minimum atomic E-state index is -0.590. The molecule has 0 aromatic heterocycles. The topological polar surface area (TPSA) is 67.4 Å². The maximum atomic E-state index is 12.3. The second-order valence-corrected chi connectivity index (χ2v) is 5.77. The Bertz CT molecular complexity index is 503. The fourth-order valence-corrected chi connectivity index (χ4v) is 2.56. The third-order valence-corrected chi connectivity index (χ3v) is 3.60. The molecule has 0 fully saturated rings. The summed E-state index contributed by atoms with van der Waals surface area (Å²) in [5.41, 5.74) is 2.10. The lowest BCUT2D eigenvalue weighted by Crippen LogP contribution is -2.48. The highest BCUT2D eigenvalue weighted by molar-refractivity contribution is 5.91. The quantitative estimate of drug-likeness (QED) is 0.810. The first-order valence-corrected chi connectivity index (χ1v) is 7.24. The zero-order chi connectivity index (χ0) is 15.4. The Morgan fingerprint density at radius 2 is 2.10 bits per heavy atom. The van der Waals surface area contributed by atoms with Crippen LogP contribution in [0.1, 0.15) is 25.8 Å². The second-order valence-electron chi connectivity index (χ2n) is 5.77. The molecule has 0 radical (unpaired) electrons. The van der Waals surface area contributed by atoms with Gasteiger partial charge in [-0.3, -0.25) is 4.79 Å². The lowest BCUT2D eigenvalue weighted by Gasteiger charge is -2.20. The molecule has 0 aliphatic carbocycles. The number of fused-ring (bicyclic) bond motifs is 1. The Hall–Kier alpha value is -2.04. The van der Waals surface area contributed by atoms with E-state index in [0.717, 1.165) is 11.3 Å². The van der Waals surface area contributed by atoms with Crippen LogP contribution in [0, 0.1) is 5.92 Å². The summed E-state index contributed by atoms with van der Waals surface area (Å²) >= 11 is 0. The molecule has 0 saturated carbocycles. The normalized spacial score (nSPS) is 17.8. The highest BCUT2D eigenvalue weighted by Gasteiger charge is 2.30. The van der Waals surface area contributed by atoms with Gasteiger partial charge in [-0.2, -0.15) is 0 Å². The third kappa shape index (κ3) is 3.74. The van der Waals surface area contributed by atoms with E-state index in [1.54, 1.807) is 0 Å². The number of rotatable bonds is 5. The Labute approximate surface area is 125 Å². The zero-order valence-corrected chi connectivity index (χ0v) is 12.7. The fraction of sp³-hybridized carbons (Fsp3) is 0.500. The summed E-state index contributed by atoms with van der Waals surface area (Å²) in [6.07, 6.45) is 1.20. The van der Waals surface area contributed by atoms with Crippen molar-refractivity contribution in [1.29, 1.82) is 0 Å². The molecule has 2 rings (SSSR count). The number of benzene rings is 1. The molecule has 21 heavy (non-hydrogen) atoms. The summed E-state index contributed by atoms with van der Waals surface area (Å²) in [4.78, 5) is 24.1. The van der Waals surface area contributed by atoms with Crippen LogP contribution >= 0.6 is 0 Å². The van der Waals surface area contributed by atoms with Crippen molar-refractivity contribution in [3.05, 3.63) is 29.8 Å². The van der Waals surface area contributed by atoms with Crippen LogP contribution in [0.25, 0.3) is 0 Å². The Morgan fingerprint density at radius 1 is 1.38 bits per heavy atom. The summed E-state index contributed by atoms with van der Waals surface area (Å²) < 4.78 is 4.76. The smallest absolute Gasteiger partial charge is 0.328 e. The van der Waals surface area contributed by atoms with E-state index in [1.165, 1.54) is 7.11 Å². The van der Waals surface area contributed by atoms with Crippen LogP contribution in [0.5, 0.6) is 0 Å². The molecule has 5 nitrogen and oxygen atoms in total. The molecule has 1 aromatic rings. The Kier molecular flexibility index (Phi) is 4.83. The molecule has 114 valence electrons. The number of hydrogen-bond donors (Lipinski definition) is 2. The van der Waals surface area contributed by atoms with Gasteiger partial charge in [0.2, 0.25) is 5.91 Å². The number of ether oxygens (including phenoxy) is 1. The first-order chi connectivity index (χ1) is 10.0. The summed E-state index contributed by atoms with van der Waals surface area (Å²) in [7, 11) is 1.34. The van der Waals surface area contributed by atoms with Gasteiger partial charge >= 0.3 is 5.97 Å². The average molecular weight is 290 g/mol. The van der Waals surface area contributed by atoms with Crippen LogP contribution in [0.3, 0.4) is 0 Å². The van der Waals surface area contributed by atoms with Gasteiger partial charge in [-0.15, -0.1) is 0 Å². The average Bonchev–Trinajstić information content (AvgIpc) is 2.89. The molecule has 2 N–H and O–H groups in total. The van der Waals surface area contributed by atoms with Crippen molar-refractivity contribution in [3.8, 4) is 0 Å². The summed E-state index contributed by atoms with van der Waals surface area (Å²) in [6, 6.07) is 6.92. The van der Waals surface area contributed by atoms with Gasteiger partial charge in [0.15, 0.2) is 0 Å². The molecular formula is C16H22N2O3. The lowest BCUT2D eigenvalue weighted by atomic mass is 10.0. The Morgan fingerprint density at radius 3 is 2.71 bits per heavy atom. The number of nitrogens with one attached hydrogen (secondary N) is 2. The van der Waals surface area contributed by atoms with Crippen molar-refractivity contribution < 1.29 is 14.3 Å². The van der Waals surface area contributed by atoms with Crippen LogP contribution in [-0.2, 0) is 20.7 Å². The van der Waals surface area contributed by atoms with E-state index in [9.17, 15) is 9.59 Å². The Balaban J connectivity index is 1.99.